The van der Waals surface area contributed by atoms with Crippen molar-refractivity contribution in [2.75, 3.05) is 28.5 Å². The number of unbranched alkanes of at least 4 members (excludes halogenated alkanes) is 1. The molecule has 0 aromatic heterocycles. The van der Waals surface area contributed by atoms with Crippen molar-refractivity contribution in [3.05, 3.63) is 24.3 Å². The third-order valence-electron chi connectivity index (χ3n) is 3.01. The van der Waals surface area contributed by atoms with E-state index in [2.05, 4.69) is 23.5 Å². The van der Waals surface area contributed by atoms with Gasteiger partial charge in [-0.25, -0.2) is 8.42 Å². The van der Waals surface area contributed by atoms with Crippen molar-refractivity contribution in [3.8, 4) is 0 Å². The fourth-order valence-electron chi connectivity index (χ4n) is 1.92. The summed E-state index contributed by atoms with van der Waals surface area (Å²) < 4.78 is 26.4. The lowest BCUT2D eigenvalue weighted by atomic mass is 10.2. The van der Waals surface area contributed by atoms with Gasteiger partial charge in [0.1, 0.15) is 0 Å². The Labute approximate surface area is 116 Å². The second-order valence-corrected chi connectivity index (χ2v) is 6.34. The normalized spacial score (nSPS) is 11.3. The summed E-state index contributed by atoms with van der Waals surface area (Å²) in [5.74, 6) is 0.180. The van der Waals surface area contributed by atoms with E-state index in [0.29, 0.717) is 12.1 Å². The first-order chi connectivity index (χ1) is 9.02. The molecule has 1 N–H and O–H groups in total. The number of rotatable bonds is 8. The monoisotopic (exact) mass is 284 g/mol. The largest absolute Gasteiger partial charge is 0.372 e. The molecule has 0 amide bonds. The summed E-state index contributed by atoms with van der Waals surface area (Å²) in [5, 5.41) is 0. The van der Waals surface area contributed by atoms with Gasteiger partial charge in [-0.1, -0.05) is 19.4 Å². The van der Waals surface area contributed by atoms with Gasteiger partial charge in [-0.3, -0.25) is 4.72 Å². The molecular weight excluding hydrogens is 260 g/mol. The SMILES string of the molecule is CCCCS(=O)(=O)Nc1cccc(N(CC)CC)c1. The Kier molecular flexibility index (Phi) is 6.15. The molecule has 5 heteroatoms. The van der Waals surface area contributed by atoms with Gasteiger partial charge in [0.2, 0.25) is 10.0 Å². The Morgan fingerprint density at radius 2 is 1.84 bits per heavy atom. The number of nitrogens with zero attached hydrogens (tertiary/aromatic N) is 1. The Bertz CT molecular complexity index is 482. The molecule has 0 heterocycles. The van der Waals surface area contributed by atoms with Crippen LogP contribution in [0.25, 0.3) is 0 Å². The molecule has 0 saturated heterocycles. The lowest BCUT2D eigenvalue weighted by Gasteiger charge is -2.21. The Morgan fingerprint density at radius 1 is 1.16 bits per heavy atom. The van der Waals surface area contributed by atoms with Crippen LogP contribution in [0.3, 0.4) is 0 Å². The molecule has 0 radical (unpaired) electrons. The van der Waals surface area contributed by atoms with E-state index >= 15 is 0 Å². The molecule has 0 saturated carbocycles. The van der Waals surface area contributed by atoms with Crippen LogP contribution in [-0.2, 0) is 10.0 Å². The van der Waals surface area contributed by atoms with Gasteiger partial charge < -0.3 is 4.90 Å². The number of hydrogen-bond acceptors (Lipinski definition) is 3. The van der Waals surface area contributed by atoms with Gasteiger partial charge in [0, 0.05) is 18.8 Å². The van der Waals surface area contributed by atoms with E-state index in [4.69, 9.17) is 0 Å². The average Bonchev–Trinajstić information content (AvgIpc) is 2.38. The summed E-state index contributed by atoms with van der Waals surface area (Å²) in [6, 6.07) is 7.55. The van der Waals surface area contributed by atoms with Gasteiger partial charge in [0.05, 0.1) is 11.4 Å². The van der Waals surface area contributed by atoms with Crippen LogP contribution in [-0.4, -0.2) is 27.3 Å². The van der Waals surface area contributed by atoms with Crippen LogP contribution in [0, 0.1) is 0 Å². The topological polar surface area (TPSA) is 49.4 Å². The summed E-state index contributed by atoms with van der Waals surface area (Å²) in [4.78, 5) is 2.18. The van der Waals surface area contributed by atoms with Gasteiger partial charge in [0.15, 0.2) is 0 Å². The highest BCUT2D eigenvalue weighted by Crippen LogP contribution is 2.20. The summed E-state index contributed by atoms with van der Waals surface area (Å²) in [5.41, 5.74) is 1.68. The van der Waals surface area contributed by atoms with Crippen LogP contribution in [0.5, 0.6) is 0 Å². The first-order valence-electron chi connectivity index (χ1n) is 6.87. The molecule has 1 rings (SSSR count). The van der Waals surface area contributed by atoms with Crippen LogP contribution in [0.2, 0.25) is 0 Å². The maximum absolute atomic E-state index is 11.9. The molecule has 0 bridgehead atoms. The molecule has 1 aromatic rings. The fraction of sp³-hybridized carbons (Fsp3) is 0.571. The second-order valence-electron chi connectivity index (χ2n) is 4.50. The number of anilines is 2. The molecule has 108 valence electrons. The molecule has 19 heavy (non-hydrogen) atoms. The molecule has 1 aromatic carbocycles. The number of hydrogen-bond donors (Lipinski definition) is 1. The lowest BCUT2D eigenvalue weighted by Crippen LogP contribution is -2.22. The van der Waals surface area contributed by atoms with E-state index in [1.54, 1.807) is 6.07 Å². The zero-order chi connectivity index (χ0) is 14.3. The highest BCUT2D eigenvalue weighted by molar-refractivity contribution is 7.92. The molecule has 0 spiro atoms. The van der Waals surface area contributed by atoms with Gasteiger partial charge in [-0.15, -0.1) is 0 Å². The van der Waals surface area contributed by atoms with E-state index < -0.39 is 10.0 Å². The van der Waals surface area contributed by atoms with Crippen molar-refractivity contribution in [1.82, 2.24) is 0 Å². The molecule has 0 aliphatic heterocycles. The summed E-state index contributed by atoms with van der Waals surface area (Å²) in [7, 11) is -3.22. The van der Waals surface area contributed by atoms with Gasteiger partial charge in [-0.2, -0.15) is 0 Å². The predicted octanol–water partition coefficient (Wildman–Crippen LogP) is 3.07. The Morgan fingerprint density at radius 3 is 2.42 bits per heavy atom. The van der Waals surface area contributed by atoms with E-state index in [-0.39, 0.29) is 5.75 Å². The number of sulfonamides is 1. The van der Waals surface area contributed by atoms with Crippen molar-refractivity contribution in [1.29, 1.82) is 0 Å². The van der Waals surface area contributed by atoms with Crippen LogP contribution < -0.4 is 9.62 Å². The quantitative estimate of drug-likeness (QED) is 0.798. The maximum atomic E-state index is 11.9. The van der Waals surface area contributed by atoms with Crippen molar-refractivity contribution in [2.24, 2.45) is 0 Å². The number of benzene rings is 1. The lowest BCUT2D eigenvalue weighted by molar-refractivity contribution is 0.598. The van der Waals surface area contributed by atoms with Crippen molar-refractivity contribution < 1.29 is 8.42 Å². The van der Waals surface area contributed by atoms with E-state index in [9.17, 15) is 8.42 Å². The average molecular weight is 284 g/mol. The maximum Gasteiger partial charge on any atom is 0.232 e. The number of nitrogens with one attached hydrogen (secondary N) is 1. The first kappa shape index (κ1) is 15.8. The van der Waals surface area contributed by atoms with E-state index in [0.717, 1.165) is 25.2 Å². The van der Waals surface area contributed by atoms with Gasteiger partial charge >= 0.3 is 0 Å². The molecular formula is C14H24N2O2S. The van der Waals surface area contributed by atoms with Gasteiger partial charge in [0.25, 0.3) is 0 Å². The minimum absolute atomic E-state index is 0.180. The molecule has 0 atom stereocenters. The molecule has 4 nitrogen and oxygen atoms in total. The fourth-order valence-corrected chi connectivity index (χ4v) is 3.18. The molecule has 0 unspecified atom stereocenters. The summed E-state index contributed by atoms with van der Waals surface area (Å²) >= 11 is 0. The smallest absolute Gasteiger partial charge is 0.232 e. The summed E-state index contributed by atoms with van der Waals surface area (Å²) in [6.07, 6.45) is 1.56. The standard InChI is InChI=1S/C14H24N2O2S/c1-4-7-11-19(17,18)15-13-9-8-10-14(12-13)16(5-2)6-3/h8-10,12,15H,4-7,11H2,1-3H3. The highest BCUT2D eigenvalue weighted by Gasteiger charge is 2.10. The minimum atomic E-state index is -3.22. The third-order valence-corrected chi connectivity index (χ3v) is 4.39. The van der Waals surface area contributed by atoms with Crippen molar-refractivity contribution in [3.63, 3.8) is 0 Å². The van der Waals surface area contributed by atoms with E-state index in [1.165, 1.54) is 0 Å². The van der Waals surface area contributed by atoms with Crippen LogP contribution in [0.1, 0.15) is 33.6 Å². The van der Waals surface area contributed by atoms with Crippen LogP contribution in [0.4, 0.5) is 11.4 Å². The molecule has 0 fully saturated rings. The van der Waals surface area contributed by atoms with Crippen LogP contribution in [0.15, 0.2) is 24.3 Å². The van der Waals surface area contributed by atoms with E-state index in [1.807, 2.05) is 25.1 Å². The Balaban J connectivity index is 2.82. The molecule has 0 aliphatic rings. The Hall–Kier alpha value is -1.23. The zero-order valence-corrected chi connectivity index (χ0v) is 12.8. The highest BCUT2D eigenvalue weighted by atomic mass is 32.2. The zero-order valence-electron chi connectivity index (χ0n) is 12.0. The first-order valence-corrected chi connectivity index (χ1v) is 8.53. The van der Waals surface area contributed by atoms with Gasteiger partial charge in [-0.05, 0) is 38.5 Å². The predicted molar refractivity (Wildman–Crippen MR) is 82.3 cm³/mol. The third kappa shape index (κ3) is 5.11. The van der Waals surface area contributed by atoms with Crippen LogP contribution >= 0.6 is 0 Å². The summed E-state index contributed by atoms with van der Waals surface area (Å²) in [6.45, 7) is 7.96. The minimum Gasteiger partial charge on any atom is -0.372 e. The van der Waals surface area contributed by atoms with Crippen molar-refractivity contribution >= 4 is 21.4 Å². The molecule has 0 aliphatic carbocycles. The van der Waals surface area contributed by atoms with Crippen molar-refractivity contribution in [2.45, 2.75) is 33.6 Å². The second kappa shape index (κ2) is 7.38.